The minimum Gasteiger partial charge on any atom is -0.508 e. The maximum Gasteiger partial charge on any atom is 0.115 e. The van der Waals surface area contributed by atoms with Gasteiger partial charge in [-0.1, -0.05) is 12.1 Å². The number of benzene rings is 2. The Morgan fingerprint density at radius 2 is 2.19 bits per heavy atom. The van der Waals surface area contributed by atoms with Gasteiger partial charge < -0.3 is 10.4 Å². The van der Waals surface area contributed by atoms with Crippen LogP contribution in [0, 0.1) is 0 Å². The third kappa shape index (κ3) is 2.13. The fourth-order valence-electron chi connectivity index (χ4n) is 3.23. The highest BCUT2D eigenvalue weighted by atomic mass is 16.3. The van der Waals surface area contributed by atoms with Gasteiger partial charge in [0.05, 0.1) is 17.8 Å². The van der Waals surface area contributed by atoms with Gasteiger partial charge >= 0.3 is 0 Å². The van der Waals surface area contributed by atoms with E-state index in [-0.39, 0.29) is 6.04 Å². The molecule has 3 N–H and O–H groups in total. The van der Waals surface area contributed by atoms with Crippen LogP contribution in [0.15, 0.2) is 42.6 Å². The van der Waals surface area contributed by atoms with Crippen molar-refractivity contribution in [3.63, 3.8) is 0 Å². The predicted molar refractivity (Wildman–Crippen MR) is 83.5 cm³/mol. The molecule has 0 spiro atoms. The van der Waals surface area contributed by atoms with Gasteiger partial charge in [0.15, 0.2) is 0 Å². The van der Waals surface area contributed by atoms with E-state index in [1.807, 2.05) is 30.5 Å². The fourth-order valence-corrected chi connectivity index (χ4v) is 3.23. The van der Waals surface area contributed by atoms with Crippen molar-refractivity contribution < 1.29 is 5.11 Å². The second kappa shape index (κ2) is 4.81. The second-order valence-electron chi connectivity index (χ2n) is 5.61. The fraction of sp³-hybridized carbons (Fsp3) is 0.235. The van der Waals surface area contributed by atoms with Crippen LogP contribution in [0.5, 0.6) is 5.75 Å². The van der Waals surface area contributed by atoms with Crippen molar-refractivity contribution in [1.82, 2.24) is 10.2 Å². The number of phenolic OH excluding ortho intramolecular Hbond substituents is 1. The number of hydrogen-bond donors (Lipinski definition) is 3. The summed E-state index contributed by atoms with van der Waals surface area (Å²) in [6.45, 7) is 0. The molecule has 0 amide bonds. The molecular formula is C17H17N3O. The average Bonchev–Trinajstić information content (AvgIpc) is 2.97. The number of aromatic nitrogens is 2. The van der Waals surface area contributed by atoms with Gasteiger partial charge in [-0.2, -0.15) is 5.10 Å². The molecule has 4 rings (SSSR count). The zero-order valence-corrected chi connectivity index (χ0v) is 11.6. The number of nitrogens with zero attached hydrogens (tertiary/aromatic N) is 1. The van der Waals surface area contributed by atoms with Gasteiger partial charge in [0, 0.05) is 11.1 Å². The number of nitrogens with one attached hydrogen (secondary N) is 2. The van der Waals surface area contributed by atoms with Crippen molar-refractivity contribution in [3.8, 4) is 5.75 Å². The van der Waals surface area contributed by atoms with Gasteiger partial charge in [0.1, 0.15) is 5.75 Å². The van der Waals surface area contributed by atoms with E-state index in [0.717, 1.165) is 35.9 Å². The lowest BCUT2D eigenvalue weighted by Crippen LogP contribution is -2.17. The summed E-state index contributed by atoms with van der Waals surface area (Å²) in [7, 11) is 0. The first kappa shape index (κ1) is 12.3. The molecular weight excluding hydrogens is 262 g/mol. The smallest absolute Gasteiger partial charge is 0.115 e. The van der Waals surface area contributed by atoms with Gasteiger partial charge in [-0.15, -0.1) is 0 Å². The van der Waals surface area contributed by atoms with E-state index in [1.165, 1.54) is 11.1 Å². The molecule has 4 heteroatoms. The Hall–Kier alpha value is -2.49. The maximum absolute atomic E-state index is 9.64. The lowest BCUT2D eigenvalue weighted by Gasteiger charge is -2.27. The Labute approximate surface area is 122 Å². The molecule has 3 aromatic rings. The first-order chi connectivity index (χ1) is 10.3. The van der Waals surface area contributed by atoms with E-state index in [2.05, 4.69) is 21.6 Å². The number of aryl methyl sites for hydroxylation is 1. The topological polar surface area (TPSA) is 60.9 Å². The Morgan fingerprint density at radius 3 is 3.14 bits per heavy atom. The first-order valence-electron chi connectivity index (χ1n) is 7.32. The molecule has 0 saturated heterocycles. The van der Waals surface area contributed by atoms with Crippen LogP contribution >= 0.6 is 0 Å². The van der Waals surface area contributed by atoms with Crippen LogP contribution in [-0.4, -0.2) is 15.3 Å². The molecule has 1 aromatic heterocycles. The number of anilines is 1. The lowest BCUT2D eigenvalue weighted by molar-refractivity contribution is 0.472. The van der Waals surface area contributed by atoms with Crippen LogP contribution in [-0.2, 0) is 6.42 Å². The first-order valence-corrected chi connectivity index (χ1v) is 7.32. The number of hydrogen-bond acceptors (Lipinski definition) is 3. The minimum atomic E-state index is 0.287. The van der Waals surface area contributed by atoms with Crippen molar-refractivity contribution in [2.75, 3.05) is 5.32 Å². The number of rotatable bonds is 2. The van der Waals surface area contributed by atoms with E-state index in [1.54, 1.807) is 6.07 Å². The Morgan fingerprint density at radius 1 is 1.24 bits per heavy atom. The summed E-state index contributed by atoms with van der Waals surface area (Å²) in [6.07, 6.45) is 5.14. The van der Waals surface area contributed by atoms with Gasteiger partial charge in [0.25, 0.3) is 0 Å². The quantitative estimate of drug-likeness (QED) is 0.669. The molecule has 1 heterocycles. The van der Waals surface area contributed by atoms with Crippen molar-refractivity contribution in [2.24, 2.45) is 0 Å². The predicted octanol–water partition coefficient (Wildman–Crippen LogP) is 3.76. The summed E-state index contributed by atoms with van der Waals surface area (Å²) >= 11 is 0. The average molecular weight is 279 g/mol. The number of H-pyrrole nitrogens is 1. The van der Waals surface area contributed by atoms with Gasteiger partial charge in [-0.05, 0) is 54.7 Å². The minimum absolute atomic E-state index is 0.287. The summed E-state index contributed by atoms with van der Waals surface area (Å²) in [5.41, 5.74) is 4.69. The molecule has 0 radical (unpaired) electrons. The van der Waals surface area contributed by atoms with Crippen LogP contribution in [0.1, 0.15) is 30.0 Å². The summed E-state index contributed by atoms with van der Waals surface area (Å²) in [5, 5.41) is 21.5. The monoisotopic (exact) mass is 279 g/mol. The maximum atomic E-state index is 9.64. The Bertz CT molecular complexity index is 794. The molecule has 0 fully saturated rings. The number of phenols is 1. The molecule has 1 aliphatic rings. The molecule has 1 atom stereocenters. The summed E-state index contributed by atoms with van der Waals surface area (Å²) in [5.74, 6) is 0.353. The molecule has 0 aliphatic heterocycles. The van der Waals surface area contributed by atoms with Crippen molar-refractivity contribution in [1.29, 1.82) is 0 Å². The van der Waals surface area contributed by atoms with E-state index < -0.39 is 0 Å². The Kier molecular flexibility index (Phi) is 2.81. The highest BCUT2D eigenvalue weighted by Gasteiger charge is 2.21. The van der Waals surface area contributed by atoms with Crippen LogP contribution in [0.3, 0.4) is 0 Å². The normalized spacial score (nSPS) is 17.6. The second-order valence-corrected chi connectivity index (χ2v) is 5.61. The zero-order valence-electron chi connectivity index (χ0n) is 11.6. The summed E-state index contributed by atoms with van der Waals surface area (Å²) in [6, 6.07) is 12.1. The SMILES string of the molecule is Oc1ccc2c(c1)CCCC2Nc1cccc2[nH]ncc12. The molecule has 0 saturated carbocycles. The molecule has 2 aromatic carbocycles. The summed E-state index contributed by atoms with van der Waals surface area (Å²) in [4.78, 5) is 0. The molecule has 0 bridgehead atoms. The summed E-state index contributed by atoms with van der Waals surface area (Å²) < 4.78 is 0. The lowest BCUT2D eigenvalue weighted by atomic mass is 9.87. The largest absolute Gasteiger partial charge is 0.508 e. The van der Waals surface area contributed by atoms with Crippen molar-refractivity contribution in [3.05, 3.63) is 53.7 Å². The standard InChI is InChI=1S/C17H17N3O/c21-12-7-8-13-11(9-12)3-1-4-15(13)19-16-5-2-6-17-14(16)10-18-20-17/h2,5-10,15,19,21H,1,3-4H2,(H,18,20). The van der Waals surface area contributed by atoms with E-state index in [4.69, 9.17) is 0 Å². The van der Waals surface area contributed by atoms with Gasteiger partial charge in [-0.3, -0.25) is 5.10 Å². The zero-order chi connectivity index (χ0) is 14.2. The van der Waals surface area contributed by atoms with Crippen LogP contribution in [0.25, 0.3) is 10.9 Å². The molecule has 1 unspecified atom stereocenters. The molecule has 1 aliphatic carbocycles. The molecule has 21 heavy (non-hydrogen) atoms. The van der Waals surface area contributed by atoms with E-state index >= 15 is 0 Å². The van der Waals surface area contributed by atoms with E-state index in [9.17, 15) is 5.11 Å². The van der Waals surface area contributed by atoms with Crippen LogP contribution in [0.4, 0.5) is 5.69 Å². The van der Waals surface area contributed by atoms with Crippen LogP contribution in [0.2, 0.25) is 0 Å². The number of fused-ring (bicyclic) bond motifs is 2. The third-order valence-corrected chi connectivity index (χ3v) is 4.26. The third-order valence-electron chi connectivity index (χ3n) is 4.26. The van der Waals surface area contributed by atoms with Crippen molar-refractivity contribution >= 4 is 16.6 Å². The Balaban J connectivity index is 1.71. The number of aromatic amines is 1. The van der Waals surface area contributed by atoms with Crippen molar-refractivity contribution in [2.45, 2.75) is 25.3 Å². The highest BCUT2D eigenvalue weighted by molar-refractivity contribution is 5.91. The molecule has 106 valence electrons. The van der Waals surface area contributed by atoms with E-state index in [0.29, 0.717) is 5.75 Å². The molecule has 4 nitrogen and oxygen atoms in total. The van der Waals surface area contributed by atoms with Crippen LogP contribution < -0.4 is 5.32 Å². The highest BCUT2D eigenvalue weighted by Crippen LogP contribution is 2.35. The van der Waals surface area contributed by atoms with Gasteiger partial charge in [-0.25, -0.2) is 0 Å². The van der Waals surface area contributed by atoms with Gasteiger partial charge in [0.2, 0.25) is 0 Å². The number of aromatic hydroxyl groups is 1.